The van der Waals surface area contributed by atoms with Gasteiger partial charge in [-0.1, -0.05) is 39.3 Å². The molecule has 0 unspecified atom stereocenters. The predicted octanol–water partition coefficient (Wildman–Crippen LogP) is 5.14. The van der Waals surface area contributed by atoms with E-state index in [0.29, 0.717) is 0 Å². The average molecular weight is 314 g/mol. The standard InChI is InChI=1S/C17H35N2OP/c1-7-18(8-2)21(20,19(9-3)10-4)17(5,6)16-14-12-11-13-15-16/h14H,7-13,15H2,1-6H3. The third-order valence-electron chi connectivity index (χ3n) is 5.03. The molecule has 0 saturated carbocycles. The number of hydrogen-bond acceptors (Lipinski definition) is 1. The minimum absolute atomic E-state index is 0.258. The lowest BCUT2D eigenvalue weighted by atomic mass is 9.91. The van der Waals surface area contributed by atoms with E-state index in [9.17, 15) is 4.57 Å². The molecule has 0 heterocycles. The molecule has 0 fully saturated rings. The van der Waals surface area contributed by atoms with Crippen molar-refractivity contribution in [3.05, 3.63) is 11.6 Å². The number of nitrogens with zero attached hydrogens (tertiary/aromatic N) is 2. The maximum absolute atomic E-state index is 14.3. The van der Waals surface area contributed by atoms with E-state index in [1.807, 2.05) is 0 Å². The molecule has 0 aromatic heterocycles. The van der Waals surface area contributed by atoms with Crippen LogP contribution in [-0.4, -0.2) is 40.7 Å². The molecule has 0 amide bonds. The molecule has 21 heavy (non-hydrogen) atoms. The van der Waals surface area contributed by atoms with E-state index in [2.05, 4.69) is 57.0 Å². The second kappa shape index (κ2) is 7.94. The SMILES string of the molecule is CCN(CC)P(=O)(N(CC)CC)C(C)(C)C1=CCCCC1. The van der Waals surface area contributed by atoms with Crippen LogP contribution in [0.15, 0.2) is 11.6 Å². The van der Waals surface area contributed by atoms with Crippen LogP contribution in [-0.2, 0) is 4.57 Å². The van der Waals surface area contributed by atoms with Crippen LogP contribution in [0.1, 0.15) is 67.2 Å². The molecule has 0 saturated heterocycles. The first-order valence-electron chi connectivity index (χ1n) is 8.70. The minimum atomic E-state index is -2.61. The first-order chi connectivity index (χ1) is 9.89. The van der Waals surface area contributed by atoms with Gasteiger partial charge < -0.3 is 0 Å². The number of allylic oxidation sites excluding steroid dienone is 2. The fourth-order valence-corrected chi connectivity index (χ4v) is 7.56. The highest BCUT2D eigenvalue weighted by Crippen LogP contribution is 2.66. The molecule has 0 aromatic rings. The molecule has 0 atom stereocenters. The fraction of sp³-hybridized carbons (Fsp3) is 0.882. The van der Waals surface area contributed by atoms with Crippen molar-refractivity contribution >= 4 is 7.44 Å². The largest absolute Gasteiger partial charge is 0.288 e. The predicted molar refractivity (Wildman–Crippen MR) is 94.1 cm³/mol. The highest BCUT2D eigenvalue weighted by molar-refractivity contribution is 7.61. The van der Waals surface area contributed by atoms with E-state index in [1.165, 1.54) is 18.4 Å². The van der Waals surface area contributed by atoms with Gasteiger partial charge in [0.15, 0.2) is 0 Å². The molecular weight excluding hydrogens is 279 g/mol. The lowest BCUT2D eigenvalue weighted by molar-refractivity contribution is 0.338. The molecule has 1 aliphatic carbocycles. The second-order valence-corrected chi connectivity index (χ2v) is 9.69. The minimum Gasteiger partial charge on any atom is -0.288 e. The molecule has 0 radical (unpaired) electrons. The molecule has 1 rings (SSSR count). The first-order valence-corrected chi connectivity index (χ1v) is 10.3. The fourth-order valence-electron chi connectivity index (χ4n) is 3.68. The van der Waals surface area contributed by atoms with Gasteiger partial charge in [0, 0.05) is 26.2 Å². The van der Waals surface area contributed by atoms with Gasteiger partial charge in [0.05, 0.1) is 5.16 Å². The molecule has 3 nitrogen and oxygen atoms in total. The summed E-state index contributed by atoms with van der Waals surface area (Å²) in [5, 5.41) is -0.258. The van der Waals surface area contributed by atoms with Crippen molar-refractivity contribution in [2.75, 3.05) is 26.2 Å². The quantitative estimate of drug-likeness (QED) is 0.457. The van der Waals surface area contributed by atoms with Crippen LogP contribution in [0.5, 0.6) is 0 Å². The van der Waals surface area contributed by atoms with Gasteiger partial charge in [0.1, 0.15) is 0 Å². The Morgan fingerprint density at radius 2 is 1.48 bits per heavy atom. The molecule has 124 valence electrons. The van der Waals surface area contributed by atoms with Crippen molar-refractivity contribution in [1.29, 1.82) is 0 Å². The Balaban J connectivity index is 3.34. The topological polar surface area (TPSA) is 23.6 Å². The van der Waals surface area contributed by atoms with Gasteiger partial charge in [0.2, 0.25) is 7.44 Å². The van der Waals surface area contributed by atoms with Gasteiger partial charge in [-0.3, -0.25) is 4.57 Å². The van der Waals surface area contributed by atoms with Crippen LogP contribution >= 0.6 is 7.44 Å². The normalized spacial score (nSPS) is 17.4. The van der Waals surface area contributed by atoms with Gasteiger partial charge >= 0.3 is 0 Å². The van der Waals surface area contributed by atoms with E-state index >= 15 is 0 Å². The molecule has 0 spiro atoms. The van der Waals surface area contributed by atoms with Crippen molar-refractivity contribution in [3.63, 3.8) is 0 Å². The van der Waals surface area contributed by atoms with Crippen LogP contribution in [0, 0.1) is 0 Å². The maximum Gasteiger partial charge on any atom is 0.225 e. The molecule has 0 aliphatic heterocycles. The molecular formula is C17H35N2OP. The third-order valence-corrected chi connectivity index (χ3v) is 9.44. The Labute approximate surface area is 132 Å². The van der Waals surface area contributed by atoms with Gasteiger partial charge in [0.25, 0.3) is 0 Å². The van der Waals surface area contributed by atoms with Gasteiger partial charge in [-0.05, 0) is 39.5 Å². The summed E-state index contributed by atoms with van der Waals surface area (Å²) in [7, 11) is -2.61. The van der Waals surface area contributed by atoms with Crippen LogP contribution in [0.2, 0.25) is 0 Å². The third kappa shape index (κ3) is 3.46. The van der Waals surface area contributed by atoms with Crippen molar-refractivity contribution < 1.29 is 4.57 Å². The summed E-state index contributed by atoms with van der Waals surface area (Å²) in [5.41, 5.74) is 1.41. The summed E-state index contributed by atoms with van der Waals surface area (Å²) in [5.74, 6) is 0. The van der Waals surface area contributed by atoms with Crippen molar-refractivity contribution in [3.8, 4) is 0 Å². The first kappa shape index (κ1) is 18.9. The van der Waals surface area contributed by atoms with Crippen LogP contribution in [0.25, 0.3) is 0 Å². The molecule has 0 aromatic carbocycles. The lowest BCUT2D eigenvalue weighted by Gasteiger charge is -2.48. The lowest BCUT2D eigenvalue weighted by Crippen LogP contribution is -2.43. The molecule has 0 N–H and O–H groups in total. The summed E-state index contributed by atoms with van der Waals surface area (Å²) in [4.78, 5) is 0. The summed E-state index contributed by atoms with van der Waals surface area (Å²) < 4.78 is 18.7. The van der Waals surface area contributed by atoms with Gasteiger partial charge in [-0.2, -0.15) is 0 Å². The highest BCUT2D eigenvalue weighted by Gasteiger charge is 2.49. The summed E-state index contributed by atoms with van der Waals surface area (Å²) in [6, 6.07) is 0. The molecule has 1 aliphatic rings. The van der Waals surface area contributed by atoms with Crippen LogP contribution in [0.3, 0.4) is 0 Å². The summed E-state index contributed by atoms with van der Waals surface area (Å²) >= 11 is 0. The smallest absolute Gasteiger partial charge is 0.225 e. The maximum atomic E-state index is 14.3. The number of rotatable bonds is 8. The Hall–Kier alpha value is -0.110. The van der Waals surface area contributed by atoms with E-state index < -0.39 is 7.44 Å². The Morgan fingerprint density at radius 3 is 1.81 bits per heavy atom. The summed E-state index contributed by atoms with van der Waals surface area (Å²) in [6.45, 7) is 16.3. The molecule has 0 bridgehead atoms. The highest BCUT2D eigenvalue weighted by atomic mass is 31.2. The zero-order valence-corrected chi connectivity index (χ0v) is 15.9. The van der Waals surface area contributed by atoms with E-state index in [-0.39, 0.29) is 5.16 Å². The van der Waals surface area contributed by atoms with E-state index in [4.69, 9.17) is 0 Å². The van der Waals surface area contributed by atoms with Crippen molar-refractivity contribution in [2.45, 2.75) is 72.4 Å². The zero-order chi connectivity index (χ0) is 16.1. The van der Waals surface area contributed by atoms with E-state index in [0.717, 1.165) is 39.0 Å². The van der Waals surface area contributed by atoms with E-state index in [1.54, 1.807) is 0 Å². The Morgan fingerprint density at radius 1 is 1.00 bits per heavy atom. The van der Waals surface area contributed by atoms with Gasteiger partial charge in [-0.15, -0.1) is 0 Å². The van der Waals surface area contributed by atoms with Crippen molar-refractivity contribution in [2.24, 2.45) is 0 Å². The van der Waals surface area contributed by atoms with Gasteiger partial charge in [-0.25, -0.2) is 9.34 Å². The number of hydrogen-bond donors (Lipinski definition) is 0. The average Bonchev–Trinajstić information content (AvgIpc) is 2.50. The second-order valence-electron chi connectivity index (χ2n) is 6.36. The summed E-state index contributed by atoms with van der Waals surface area (Å²) in [6.07, 6.45) is 7.14. The Kier molecular flexibility index (Phi) is 7.16. The van der Waals surface area contributed by atoms with Crippen LogP contribution in [0.4, 0.5) is 0 Å². The molecule has 4 heteroatoms. The zero-order valence-electron chi connectivity index (χ0n) is 15.0. The van der Waals surface area contributed by atoms with Crippen molar-refractivity contribution in [1.82, 2.24) is 9.34 Å². The Bertz CT molecular complexity index is 380. The monoisotopic (exact) mass is 314 g/mol. The van der Waals surface area contributed by atoms with Crippen LogP contribution < -0.4 is 0 Å².